The third-order valence-electron chi connectivity index (χ3n) is 2.89. The molecule has 0 unspecified atom stereocenters. The Balaban J connectivity index is 2.61. The zero-order valence-corrected chi connectivity index (χ0v) is 15.9. The molecule has 2 nitrogen and oxygen atoms in total. The number of benzene rings is 1. The molecule has 0 heterocycles. The van der Waals surface area contributed by atoms with Crippen molar-refractivity contribution in [1.82, 2.24) is 0 Å². The van der Waals surface area contributed by atoms with E-state index in [0.29, 0.717) is 11.8 Å². The Hall–Kier alpha value is -0.220. The molecule has 0 fully saturated rings. The molecule has 0 saturated heterocycles. The van der Waals surface area contributed by atoms with Crippen LogP contribution in [0.3, 0.4) is 0 Å². The maximum atomic E-state index is 5.79. The minimum Gasteiger partial charge on any atom is -0.492 e. The first-order chi connectivity index (χ1) is 9.40. The van der Waals surface area contributed by atoms with Crippen molar-refractivity contribution < 1.29 is 9.47 Å². The van der Waals surface area contributed by atoms with E-state index in [9.17, 15) is 0 Å². The zero-order chi connectivity index (χ0) is 15.1. The topological polar surface area (TPSA) is 18.5 Å². The van der Waals surface area contributed by atoms with Gasteiger partial charge in [0.15, 0.2) is 0 Å². The number of halogens is 2. The normalized spacial score (nSPS) is 11.2. The summed E-state index contributed by atoms with van der Waals surface area (Å²) in [6.45, 7) is 10.2. The highest BCUT2D eigenvalue weighted by Crippen LogP contribution is 2.36. The van der Waals surface area contributed by atoms with Crippen molar-refractivity contribution in [2.24, 2.45) is 11.8 Å². The largest absolute Gasteiger partial charge is 0.492 e. The van der Waals surface area contributed by atoms with Gasteiger partial charge in [-0.05, 0) is 68.7 Å². The van der Waals surface area contributed by atoms with Crippen molar-refractivity contribution in [3.05, 3.63) is 21.1 Å². The average molecular weight is 408 g/mol. The standard InChI is InChI=1S/C16H24Br2O2/c1-11(2)5-7-19-15-9-14(18)16(10-13(15)17)20-8-6-12(3)4/h9-12H,5-8H2,1-4H3. The van der Waals surface area contributed by atoms with Crippen LogP contribution in [-0.2, 0) is 0 Å². The molecule has 1 rings (SSSR count). The predicted octanol–water partition coefficient (Wildman–Crippen LogP) is 6.06. The summed E-state index contributed by atoms with van der Waals surface area (Å²) in [4.78, 5) is 0. The van der Waals surface area contributed by atoms with E-state index in [4.69, 9.17) is 9.47 Å². The van der Waals surface area contributed by atoms with Crippen molar-refractivity contribution in [1.29, 1.82) is 0 Å². The Kier molecular flexibility index (Phi) is 7.96. The molecule has 1 aromatic rings. The minimum absolute atomic E-state index is 0.649. The fourth-order valence-corrected chi connectivity index (χ4v) is 2.41. The average Bonchev–Trinajstić information content (AvgIpc) is 2.33. The lowest BCUT2D eigenvalue weighted by Crippen LogP contribution is -2.04. The summed E-state index contributed by atoms with van der Waals surface area (Å²) in [5.74, 6) is 3.01. The lowest BCUT2D eigenvalue weighted by atomic mass is 10.1. The van der Waals surface area contributed by atoms with Gasteiger partial charge in [-0.25, -0.2) is 0 Å². The molecule has 0 bridgehead atoms. The van der Waals surface area contributed by atoms with Crippen LogP contribution in [0.2, 0.25) is 0 Å². The maximum Gasteiger partial charge on any atom is 0.134 e. The third kappa shape index (κ3) is 6.49. The van der Waals surface area contributed by atoms with Crippen LogP contribution in [0, 0.1) is 11.8 Å². The van der Waals surface area contributed by atoms with Crippen LogP contribution in [0.5, 0.6) is 11.5 Å². The summed E-state index contributed by atoms with van der Waals surface area (Å²) in [5, 5.41) is 0. The number of rotatable bonds is 8. The van der Waals surface area contributed by atoms with Gasteiger partial charge in [-0.2, -0.15) is 0 Å². The minimum atomic E-state index is 0.649. The van der Waals surface area contributed by atoms with Gasteiger partial charge in [0.05, 0.1) is 22.2 Å². The van der Waals surface area contributed by atoms with E-state index in [1.165, 1.54) is 0 Å². The van der Waals surface area contributed by atoms with Crippen molar-refractivity contribution in [2.45, 2.75) is 40.5 Å². The van der Waals surface area contributed by atoms with Gasteiger partial charge in [0.25, 0.3) is 0 Å². The molecule has 0 saturated carbocycles. The summed E-state index contributed by atoms with van der Waals surface area (Å²) in [6.07, 6.45) is 2.10. The van der Waals surface area contributed by atoms with Crippen LogP contribution in [0.1, 0.15) is 40.5 Å². The molecule has 0 aliphatic rings. The van der Waals surface area contributed by atoms with E-state index in [0.717, 1.165) is 46.5 Å². The number of hydrogen-bond donors (Lipinski definition) is 0. The summed E-state index contributed by atoms with van der Waals surface area (Å²) in [6, 6.07) is 3.93. The third-order valence-corrected chi connectivity index (χ3v) is 4.13. The van der Waals surface area contributed by atoms with Crippen LogP contribution in [0.25, 0.3) is 0 Å². The molecule has 0 atom stereocenters. The molecule has 0 amide bonds. The highest BCUT2D eigenvalue weighted by molar-refractivity contribution is 9.11. The second-order valence-electron chi connectivity index (χ2n) is 5.78. The smallest absolute Gasteiger partial charge is 0.134 e. The van der Waals surface area contributed by atoms with Gasteiger partial charge >= 0.3 is 0 Å². The highest BCUT2D eigenvalue weighted by Gasteiger charge is 2.09. The van der Waals surface area contributed by atoms with E-state index in [2.05, 4.69) is 59.6 Å². The Labute approximate surface area is 139 Å². The second kappa shape index (κ2) is 8.93. The van der Waals surface area contributed by atoms with E-state index in [1.807, 2.05) is 12.1 Å². The van der Waals surface area contributed by atoms with Crippen LogP contribution >= 0.6 is 31.9 Å². The van der Waals surface area contributed by atoms with Crippen molar-refractivity contribution >= 4 is 31.9 Å². The first-order valence-corrected chi connectivity index (χ1v) is 8.73. The molecule has 0 aliphatic carbocycles. The van der Waals surface area contributed by atoms with E-state index in [-0.39, 0.29) is 0 Å². The lowest BCUT2D eigenvalue weighted by Gasteiger charge is -2.14. The number of ether oxygens (including phenoxy) is 2. The SMILES string of the molecule is CC(C)CCOc1cc(Br)c(OCCC(C)C)cc1Br. The monoisotopic (exact) mass is 406 g/mol. The van der Waals surface area contributed by atoms with Crippen molar-refractivity contribution in [3.63, 3.8) is 0 Å². The van der Waals surface area contributed by atoms with Gasteiger partial charge in [0.2, 0.25) is 0 Å². The van der Waals surface area contributed by atoms with Crippen molar-refractivity contribution in [2.75, 3.05) is 13.2 Å². The lowest BCUT2D eigenvalue weighted by molar-refractivity contribution is 0.279. The summed E-state index contributed by atoms with van der Waals surface area (Å²) >= 11 is 7.09. The summed E-state index contributed by atoms with van der Waals surface area (Å²) in [7, 11) is 0. The Bertz CT molecular complexity index is 377. The summed E-state index contributed by atoms with van der Waals surface area (Å²) in [5.41, 5.74) is 0. The summed E-state index contributed by atoms with van der Waals surface area (Å²) < 4.78 is 13.5. The van der Waals surface area contributed by atoms with Crippen LogP contribution in [0.15, 0.2) is 21.1 Å². The highest BCUT2D eigenvalue weighted by atomic mass is 79.9. The van der Waals surface area contributed by atoms with E-state index >= 15 is 0 Å². The quantitative estimate of drug-likeness (QED) is 0.521. The van der Waals surface area contributed by atoms with Crippen LogP contribution in [-0.4, -0.2) is 13.2 Å². The van der Waals surface area contributed by atoms with Crippen LogP contribution < -0.4 is 9.47 Å². The Morgan fingerprint density at radius 3 is 1.45 bits per heavy atom. The molecule has 1 aromatic carbocycles. The molecule has 0 spiro atoms. The molecular weight excluding hydrogens is 384 g/mol. The van der Waals surface area contributed by atoms with Crippen molar-refractivity contribution in [3.8, 4) is 11.5 Å². The first kappa shape index (κ1) is 17.8. The van der Waals surface area contributed by atoms with Gasteiger partial charge in [-0.1, -0.05) is 27.7 Å². The molecule has 0 aromatic heterocycles. The molecule has 0 aliphatic heterocycles. The van der Waals surface area contributed by atoms with Crippen LogP contribution in [0.4, 0.5) is 0 Å². The Morgan fingerprint density at radius 2 is 1.15 bits per heavy atom. The predicted molar refractivity (Wildman–Crippen MR) is 91.7 cm³/mol. The van der Waals surface area contributed by atoms with Gasteiger partial charge in [-0.3, -0.25) is 0 Å². The maximum absolute atomic E-state index is 5.79. The van der Waals surface area contributed by atoms with Gasteiger partial charge in [-0.15, -0.1) is 0 Å². The molecule has 4 heteroatoms. The molecular formula is C16H24Br2O2. The molecule has 20 heavy (non-hydrogen) atoms. The van der Waals surface area contributed by atoms with E-state index in [1.54, 1.807) is 0 Å². The molecule has 0 N–H and O–H groups in total. The fourth-order valence-electron chi connectivity index (χ4n) is 1.54. The second-order valence-corrected chi connectivity index (χ2v) is 7.48. The van der Waals surface area contributed by atoms with Gasteiger partial charge in [0.1, 0.15) is 11.5 Å². The number of hydrogen-bond acceptors (Lipinski definition) is 2. The molecule has 0 radical (unpaired) electrons. The molecule has 114 valence electrons. The van der Waals surface area contributed by atoms with Gasteiger partial charge in [0, 0.05) is 0 Å². The zero-order valence-electron chi connectivity index (χ0n) is 12.7. The fraction of sp³-hybridized carbons (Fsp3) is 0.625. The van der Waals surface area contributed by atoms with E-state index < -0.39 is 0 Å². The van der Waals surface area contributed by atoms with Gasteiger partial charge < -0.3 is 9.47 Å². The Morgan fingerprint density at radius 1 is 0.800 bits per heavy atom. The first-order valence-electron chi connectivity index (χ1n) is 7.14.